The highest BCUT2D eigenvalue weighted by atomic mass is 32.2. The van der Waals surface area contributed by atoms with E-state index in [1.807, 2.05) is 6.08 Å². The molecule has 1 amide bonds. The highest BCUT2D eigenvalue weighted by Crippen LogP contribution is 2.41. The number of nitrogens with one attached hydrogen (secondary N) is 1. The molecule has 0 bridgehead atoms. The maximum atomic E-state index is 12.1. The molecule has 0 saturated heterocycles. The fraction of sp³-hybridized carbons (Fsp3) is 0.615. The third-order valence-electron chi connectivity index (χ3n) is 3.30. The molecule has 1 N–H and O–H groups in total. The molecule has 1 aliphatic rings. The molecule has 1 fully saturated rings. The molecule has 104 valence electrons. The van der Waals surface area contributed by atoms with Gasteiger partial charge in [-0.25, -0.2) is 0 Å². The fourth-order valence-corrected chi connectivity index (χ4v) is 3.83. The average molecular weight is 297 g/mol. The minimum absolute atomic E-state index is 0.0852. The molecule has 1 aliphatic carbocycles. The Balaban J connectivity index is 1.88. The maximum Gasteiger partial charge on any atom is 0.229 e. The van der Waals surface area contributed by atoms with E-state index < -0.39 is 0 Å². The lowest BCUT2D eigenvalue weighted by Gasteiger charge is -2.16. The Labute approximate surface area is 122 Å². The van der Waals surface area contributed by atoms with Crippen LogP contribution in [0.15, 0.2) is 17.0 Å². The summed E-state index contributed by atoms with van der Waals surface area (Å²) in [5, 5.41) is 11.5. The van der Waals surface area contributed by atoms with Crippen molar-refractivity contribution < 1.29 is 4.79 Å². The van der Waals surface area contributed by atoms with Crippen molar-refractivity contribution >= 4 is 34.1 Å². The lowest BCUT2D eigenvalue weighted by molar-refractivity contribution is -0.119. The summed E-state index contributed by atoms with van der Waals surface area (Å²) in [5.41, 5.74) is 0.286. The first kappa shape index (κ1) is 14.5. The molecule has 0 spiro atoms. The topological polar surface area (TPSA) is 54.9 Å². The number of nitrogens with zero attached hydrogens (tertiary/aromatic N) is 2. The summed E-state index contributed by atoms with van der Waals surface area (Å²) in [4.78, 5) is 12.1. The number of amides is 1. The van der Waals surface area contributed by atoms with Crippen LogP contribution >= 0.6 is 23.1 Å². The molecule has 0 aliphatic heterocycles. The van der Waals surface area contributed by atoms with Gasteiger partial charge in [-0.05, 0) is 24.7 Å². The second-order valence-electron chi connectivity index (χ2n) is 5.57. The van der Waals surface area contributed by atoms with E-state index in [0.717, 1.165) is 29.4 Å². The SMILES string of the molecule is C=CCSc1nnc(NC(=O)C2CCC(C)(C)C2)s1. The highest BCUT2D eigenvalue weighted by molar-refractivity contribution is 8.01. The first-order valence-corrected chi connectivity index (χ1v) is 8.18. The zero-order valence-electron chi connectivity index (χ0n) is 11.3. The summed E-state index contributed by atoms with van der Waals surface area (Å²) in [5.74, 6) is 1.00. The van der Waals surface area contributed by atoms with E-state index in [-0.39, 0.29) is 17.2 Å². The Hall–Kier alpha value is -0.880. The van der Waals surface area contributed by atoms with Crippen LogP contribution in [0.5, 0.6) is 0 Å². The van der Waals surface area contributed by atoms with Gasteiger partial charge in [-0.1, -0.05) is 43.0 Å². The molecule has 1 unspecified atom stereocenters. The third kappa shape index (κ3) is 4.04. The van der Waals surface area contributed by atoms with Crippen LogP contribution in [-0.2, 0) is 4.79 Å². The van der Waals surface area contributed by atoms with E-state index in [4.69, 9.17) is 0 Å². The van der Waals surface area contributed by atoms with Crippen molar-refractivity contribution in [2.45, 2.75) is 37.4 Å². The van der Waals surface area contributed by atoms with Crippen molar-refractivity contribution in [3.05, 3.63) is 12.7 Å². The Bertz CT molecular complexity index is 470. The first-order chi connectivity index (χ1) is 9.00. The number of hydrogen-bond acceptors (Lipinski definition) is 5. The molecule has 1 saturated carbocycles. The van der Waals surface area contributed by atoms with Gasteiger partial charge in [-0.3, -0.25) is 4.79 Å². The van der Waals surface area contributed by atoms with Gasteiger partial charge in [0.15, 0.2) is 4.34 Å². The second kappa shape index (κ2) is 6.05. The minimum atomic E-state index is 0.0852. The van der Waals surface area contributed by atoms with Crippen LogP contribution in [-0.4, -0.2) is 21.9 Å². The number of carbonyl (C=O) groups excluding carboxylic acids is 1. The number of rotatable bonds is 5. The van der Waals surface area contributed by atoms with Crippen molar-refractivity contribution in [2.24, 2.45) is 11.3 Å². The summed E-state index contributed by atoms with van der Waals surface area (Å²) in [6.45, 7) is 8.10. The molecule has 0 radical (unpaired) electrons. The van der Waals surface area contributed by atoms with E-state index in [1.165, 1.54) is 11.3 Å². The summed E-state index contributed by atoms with van der Waals surface area (Å²) in [6, 6.07) is 0. The molecular formula is C13H19N3OS2. The van der Waals surface area contributed by atoms with E-state index in [9.17, 15) is 4.79 Å². The molecule has 1 atom stereocenters. The third-order valence-corrected chi connectivity index (χ3v) is 5.27. The average Bonchev–Trinajstić information content (AvgIpc) is 2.93. The quantitative estimate of drug-likeness (QED) is 0.513. The number of hydrogen-bond donors (Lipinski definition) is 1. The van der Waals surface area contributed by atoms with E-state index in [2.05, 4.69) is 35.9 Å². The summed E-state index contributed by atoms with van der Waals surface area (Å²) in [6.07, 6.45) is 4.86. The van der Waals surface area contributed by atoms with Crippen LogP contribution < -0.4 is 5.32 Å². The number of thioether (sulfide) groups is 1. The molecule has 1 aromatic heterocycles. The molecule has 2 rings (SSSR count). The van der Waals surface area contributed by atoms with Crippen LogP contribution in [0.3, 0.4) is 0 Å². The molecular weight excluding hydrogens is 278 g/mol. The van der Waals surface area contributed by atoms with Crippen molar-refractivity contribution in [2.75, 3.05) is 11.1 Å². The van der Waals surface area contributed by atoms with Gasteiger partial charge in [0.1, 0.15) is 0 Å². The lowest BCUT2D eigenvalue weighted by Crippen LogP contribution is -2.21. The van der Waals surface area contributed by atoms with Crippen LogP contribution in [0.4, 0.5) is 5.13 Å². The molecule has 4 nitrogen and oxygen atoms in total. The van der Waals surface area contributed by atoms with Gasteiger partial charge >= 0.3 is 0 Å². The Morgan fingerprint density at radius 3 is 3.05 bits per heavy atom. The zero-order valence-corrected chi connectivity index (χ0v) is 12.9. The molecule has 0 aromatic carbocycles. The van der Waals surface area contributed by atoms with E-state index >= 15 is 0 Å². The normalized spacial score (nSPS) is 21.3. The summed E-state index contributed by atoms with van der Waals surface area (Å²) < 4.78 is 0.863. The first-order valence-electron chi connectivity index (χ1n) is 6.38. The maximum absolute atomic E-state index is 12.1. The predicted molar refractivity (Wildman–Crippen MR) is 80.6 cm³/mol. The van der Waals surface area contributed by atoms with Gasteiger partial charge in [-0.15, -0.1) is 16.8 Å². The van der Waals surface area contributed by atoms with Gasteiger partial charge in [0.25, 0.3) is 0 Å². The van der Waals surface area contributed by atoms with Crippen LogP contribution in [0, 0.1) is 11.3 Å². The van der Waals surface area contributed by atoms with E-state index in [1.54, 1.807) is 11.8 Å². The fourth-order valence-electron chi connectivity index (χ4n) is 2.32. The van der Waals surface area contributed by atoms with E-state index in [0.29, 0.717) is 5.13 Å². The van der Waals surface area contributed by atoms with Gasteiger partial charge in [0.05, 0.1) is 0 Å². The van der Waals surface area contributed by atoms with Crippen molar-refractivity contribution in [1.82, 2.24) is 10.2 Å². The monoisotopic (exact) mass is 297 g/mol. The van der Waals surface area contributed by atoms with Crippen molar-refractivity contribution in [3.63, 3.8) is 0 Å². The van der Waals surface area contributed by atoms with Crippen LogP contribution in [0.25, 0.3) is 0 Å². The van der Waals surface area contributed by atoms with Gasteiger partial charge in [0, 0.05) is 11.7 Å². The molecule has 1 heterocycles. The van der Waals surface area contributed by atoms with Gasteiger partial charge in [-0.2, -0.15) is 0 Å². The largest absolute Gasteiger partial charge is 0.300 e. The van der Waals surface area contributed by atoms with Gasteiger partial charge < -0.3 is 5.32 Å². The van der Waals surface area contributed by atoms with Crippen molar-refractivity contribution in [3.8, 4) is 0 Å². The van der Waals surface area contributed by atoms with Crippen molar-refractivity contribution in [1.29, 1.82) is 0 Å². The highest BCUT2D eigenvalue weighted by Gasteiger charge is 2.35. The number of carbonyl (C=O) groups is 1. The van der Waals surface area contributed by atoms with Crippen LogP contribution in [0.2, 0.25) is 0 Å². The minimum Gasteiger partial charge on any atom is -0.300 e. The summed E-state index contributed by atoms with van der Waals surface area (Å²) in [7, 11) is 0. The van der Waals surface area contributed by atoms with Gasteiger partial charge in [0.2, 0.25) is 11.0 Å². The number of aromatic nitrogens is 2. The predicted octanol–water partition coefficient (Wildman–Crippen LogP) is 3.58. The molecule has 19 heavy (non-hydrogen) atoms. The Morgan fingerprint density at radius 2 is 2.42 bits per heavy atom. The smallest absolute Gasteiger partial charge is 0.229 e. The standard InChI is InChI=1S/C13H19N3OS2/c1-4-7-18-12-16-15-11(19-12)14-10(17)9-5-6-13(2,3)8-9/h4,9H,1,5-8H2,2-3H3,(H,14,15,17). The second-order valence-corrected chi connectivity index (χ2v) is 7.81. The molecule has 6 heteroatoms. The lowest BCUT2D eigenvalue weighted by atomic mass is 9.90. The summed E-state index contributed by atoms with van der Waals surface area (Å²) >= 11 is 3.00. The Kier molecular flexibility index (Phi) is 4.62. The van der Waals surface area contributed by atoms with Crippen LogP contribution in [0.1, 0.15) is 33.1 Å². The zero-order chi connectivity index (χ0) is 13.9. The molecule has 1 aromatic rings. The number of anilines is 1. The Morgan fingerprint density at radius 1 is 1.63 bits per heavy atom.